The number of likely N-dealkylation sites (tertiary alicyclic amines) is 1. The molecule has 0 amide bonds. The van der Waals surface area contributed by atoms with E-state index in [1.165, 1.54) is 38.6 Å². The molecule has 0 aromatic heterocycles. The summed E-state index contributed by atoms with van der Waals surface area (Å²) in [5.41, 5.74) is 5.67. The minimum absolute atomic E-state index is 0.301. The molecule has 3 unspecified atom stereocenters. The molecule has 0 aromatic carbocycles. The molecule has 2 N–H and O–H groups in total. The maximum absolute atomic E-state index is 8.70. The van der Waals surface area contributed by atoms with Crippen molar-refractivity contribution >= 4 is 0 Å². The van der Waals surface area contributed by atoms with Gasteiger partial charge in [-0.05, 0) is 31.2 Å². The standard InChI is InChI=1S/C12H21N3/c13-7-12(14)9-15-6-5-10-3-1-2-4-11(10)8-15/h10-12H,1-6,8-9,14H2. The largest absolute Gasteiger partial charge is 0.315 e. The topological polar surface area (TPSA) is 53.1 Å². The molecular weight excluding hydrogens is 186 g/mol. The zero-order chi connectivity index (χ0) is 10.7. The SMILES string of the molecule is N#CC(N)CN1CCC2CCCCC2C1. The van der Waals surface area contributed by atoms with E-state index in [1.54, 1.807) is 0 Å². The molecule has 15 heavy (non-hydrogen) atoms. The highest BCUT2D eigenvalue weighted by molar-refractivity contribution is 4.91. The Morgan fingerprint density at radius 3 is 2.73 bits per heavy atom. The lowest BCUT2D eigenvalue weighted by molar-refractivity contribution is 0.0859. The van der Waals surface area contributed by atoms with E-state index in [-0.39, 0.29) is 6.04 Å². The first-order valence-electron chi connectivity index (χ1n) is 6.17. The van der Waals surface area contributed by atoms with Crippen LogP contribution in [0, 0.1) is 23.2 Å². The van der Waals surface area contributed by atoms with Crippen LogP contribution in [0.3, 0.4) is 0 Å². The molecule has 0 radical (unpaired) electrons. The highest BCUT2D eigenvalue weighted by Crippen LogP contribution is 2.35. The Labute approximate surface area is 92.2 Å². The van der Waals surface area contributed by atoms with Crippen molar-refractivity contribution in [1.29, 1.82) is 5.26 Å². The van der Waals surface area contributed by atoms with E-state index < -0.39 is 0 Å². The summed E-state index contributed by atoms with van der Waals surface area (Å²) in [6.45, 7) is 3.09. The molecule has 84 valence electrons. The molecule has 1 aliphatic carbocycles. The summed E-state index contributed by atoms with van der Waals surface area (Å²) < 4.78 is 0. The summed E-state index contributed by atoms with van der Waals surface area (Å²) in [5.74, 6) is 1.85. The first-order chi connectivity index (χ1) is 7.29. The van der Waals surface area contributed by atoms with Crippen LogP contribution < -0.4 is 5.73 Å². The van der Waals surface area contributed by atoms with Gasteiger partial charge in [-0.3, -0.25) is 0 Å². The fourth-order valence-electron chi connectivity index (χ4n) is 3.16. The van der Waals surface area contributed by atoms with E-state index >= 15 is 0 Å². The molecule has 1 heterocycles. The smallest absolute Gasteiger partial charge is 0.106 e. The van der Waals surface area contributed by atoms with Gasteiger partial charge < -0.3 is 10.6 Å². The van der Waals surface area contributed by atoms with Crippen LogP contribution in [0.2, 0.25) is 0 Å². The van der Waals surface area contributed by atoms with Crippen molar-refractivity contribution in [3.05, 3.63) is 0 Å². The molecule has 1 saturated heterocycles. The number of fused-ring (bicyclic) bond motifs is 1. The van der Waals surface area contributed by atoms with Gasteiger partial charge in [-0.15, -0.1) is 0 Å². The van der Waals surface area contributed by atoms with Crippen LogP contribution in [0.15, 0.2) is 0 Å². The normalized spacial score (nSPS) is 34.1. The molecule has 0 aromatic rings. The Balaban J connectivity index is 1.83. The minimum atomic E-state index is -0.301. The third-order valence-corrected chi connectivity index (χ3v) is 4.00. The number of piperidine rings is 1. The zero-order valence-electron chi connectivity index (χ0n) is 9.36. The second-order valence-electron chi connectivity index (χ2n) is 5.09. The van der Waals surface area contributed by atoms with E-state index in [2.05, 4.69) is 11.0 Å². The summed E-state index contributed by atoms with van der Waals surface area (Å²) >= 11 is 0. The summed E-state index contributed by atoms with van der Waals surface area (Å²) in [6.07, 6.45) is 6.98. The average Bonchev–Trinajstić information content (AvgIpc) is 2.29. The van der Waals surface area contributed by atoms with Gasteiger partial charge in [0.05, 0.1) is 6.07 Å². The fraction of sp³-hybridized carbons (Fsp3) is 0.917. The lowest BCUT2D eigenvalue weighted by atomic mass is 9.75. The lowest BCUT2D eigenvalue weighted by Gasteiger charge is -2.41. The van der Waals surface area contributed by atoms with Gasteiger partial charge in [0.15, 0.2) is 0 Å². The van der Waals surface area contributed by atoms with Crippen molar-refractivity contribution < 1.29 is 0 Å². The van der Waals surface area contributed by atoms with Crippen molar-refractivity contribution in [3.8, 4) is 6.07 Å². The highest BCUT2D eigenvalue weighted by atomic mass is 15.1. The first-order valence-corrected chi connectivity index (χ1v) is 6.17. The summed E-state index contributed by atoms with van der Waals surface area (Å²) in [4.78, 5) is 2.39. The van der Waals surface area contributed by atoms with Crippen molar-refractivity contribution in [2.24, 2.45) is 17.6 Å². The fourth-order valence-corrected chi connectivity index (χ4v) is 3.16. The molecule has 0 bridgehead atoms. The van der Waals surface area contributed by atoms with Gasteiger partial charge in [-0.2, -0.15) is 5.26 Å². The number of nitrogens with two attached hydrogens (primary N) is 1. The van der Waals surface area contributed by atoms with Gasteiger partial charge in [0.2, 0.25) is 0 Å². The molecule has 2 aliphatic rings. The van der Waals surface area contributed by atoms with Crippen molar-refractivity contribution in [3.63, 3.8) is 0 Å². The van der Waals surface area contributed by atoms with E-state index in [1.807, 2.05) is 0 Å². The molecule has 3 atom stereocenters. The van der Waals surface area contributed by atoms with E-state index in [9.17, 15) is 0 Å². The van der Waals surface area contributed by atoms with Crippen LogP contribution in [0.4, 0.5) is 0 Å². The van der Waals surface area contributed by atoms with Crippen LogP contribution in [0.25, 0.3) is 0 Å². The Hall–Kier alpha value is -0.590. The Bertz CT molecular complexity index is 246. The zero-order valence-corrected chi connectivity index (χ0v) is 9.36. The molecule has 0 spiro atoms. The van der Waals surface area contributed by atoms with E-state index in [4.69, 9.17) is 11.0 Å². The van der Waals surface area contributed by atoms with Gasteiger partial charge in [0.1, 0.15) is 6.04 Å². The van der Waals surface area contributed by atoms with Crippen molar-refractivity contribution in [2.75, 3.05) is 19.6 Å². The number of rotatable bonds is 2. The molecule has 1 saturated carbocycles. The van der Waals surface area contributed by atoms with Gasteiger partial charge in [0.25, 0.3) is 0 Å². The van der Waals surface area contributed by atoms with Crippen LogP contribution in [0.5, 0.6) is 0 Å². The third-order valence-electron chi connectivity index (χ3n) is 4.00. The van der Waals surface area contributed by atoms with Crippen LogP contribution >= 0.6 is 0 Å². The van der Waals surface area contributed by atoms with Crippen LogP contribution in [-0.2, 0) is 0 Å². The number of hydrogen-bond donors (Lipinski definition) is 1. The minimum Gasteiger partial charge on any atom is -0.315 e. The van der Waals surface area contributed by atoms with Gasteiger partial charge in [-0.1, -0.05) is 19.3 Å². The summed E-state index contributed by atoms with van der Waals surface area (Å²) in [6, 6.07) is 1.82. The first kappa shape index (κ1) is 10.9. The molecule has 3 nitrogen and oxygen atoms in total. The number of nitrogens with zero attached hydrogens (tertiary/aromatic N) is 2. The summed E-state index contributed by atoms with van der Waals surface area (Å²) in [5, 5.41) is 8.70. The lowest BCUT2D eigenvalue weighted by Crippen LogP contribution is -2.46. The van der Waals surface area contributed by atoms with Crippen LogP contribution in [0.1, 0.15) is 32.1 Å². The molecule has 1 aliphatic heterocycles. The Morgan fingerprint density at radius 1 is 1.27 bits per heavy atom. The number of hydrogen-bond acceptors (Lipinski definition) is 3. The third kappa shape index (κ3) is 2.70. The second kappa shape index (κ2) is 4.96. The quantitative estimate of drug-likeness (QED) is 0.743. The number of nitriles is 1. The molecule has 2 rings (SSSR count). The van der Waals surface area contributed by atoms with Crippen molar-refractivity contribution in [1.82, 2.24) is 4.90 Å². The monoisotopic (exact) mass is 207 g/mol. The van der Waals surface area contributed by atoms with E-state index in [0.717, 1.165) is 24.9 Å². The van der Waals surface area contributed by atoms with Gasteiger partial charge >= 0.3 is 0 Å². The predicted octanol–water partition coefficient (Wildman–Crippen LogP) is 1.35. The van der Waals surface area contributed by atoms with Gasteiger partial charge in [-0.25, -0.2) is 0 Å². The van der Waals surface area contributed by atoms with Crippen LogP contribution in [-0.4, -0.2) is 30.6 Å². The maximum atomic E-state index is 8.70. The molecular formula is C12H21N3. The summed E-state index contributed by atoms with van der Waals surface area (Å²) in [7, 11) is 0. The Kier molecular flexibility index (Phi) is 3.61. The Morgan fingerprint density at radius 2 is 2.00 bits per heavy atom. The predicted molar refractivity (Wildman–Crippen MR) is 60.1 cm³/mol. The average molecular weight is 207 g/mol. The van der Waals surface area contributed by atoms with E-state index in [0.29, 0.717) is 0 Å². The van der Waals surface area contributed by atoms with Crippen molar-refractivity contribution in [2.45, 2.75) is 38.1 Å². The highest BCUT2D eigenvalue weighted by Gasteiger charge is 2.31. The van der Waals surface area contributed by atoms with Gasteiger partial charge in [0, 0.05) is 13.1 Å². The maximum Gasteiger partial charge on any atom is 0.106 e. The molecule has 2 fully saturated rings. The second-order valence-corrected chi connectivity index (χ2v) is 5.09. The molecule has 3 heteroatoms.